The van der Waals surface area contributed by atoms with Gasteiger partial charge in [0.2, 0.25) is 0 Å². The van der Waals surface area contributed by atoms with E-state index in [1.54, 1.807) is 24.5 Å². The second kappa shape index (κ2) is 13.0. The highest BCUT2D eigenvalue weighted by Gasteiger charge is 2.22. The predicted molar refractivity (Wildman–Crippen MR) is 130 cm³/mol. The van der Waals surface area contributed by atoms with E-state index in [2.05, 4.69) is 32.4 Å². The molecule has 7 nitrogen and oxygen atoms in total. The number of para-hydroxylation sites is 1. The van der Waals surface area contributed by atoms with Crippen molar-refractivity contribution in [1.82, 2.24) is 20.5 Å². The van der Waals surface area contributed by atoms with Gasteiger partial charge in [-0.1, -0.05) is 18.2 Å². The highest BCUT2D eigenvalue weighted by atomic mass is 127. The Labute approximate surface area is 195 Å². The first-order valence-corrected chi connectivity index (χ1v) is 10.2. The summed E-state index contributed by atoms with van der Waals surface area (Å²) in [4.78, 5) is 23.0. The van der Waals surface area contributed by atoms with Crippen LogP contribution in [0.2, 0.25) is 0 Å². The number of halogens is 1. The first-order chi connectivity index (χ1) is 14.3. The molecule has 8 heteroatoms. The lowest BCUT2D eigenvalue weighted by atomic mass is 10.1. The SMILES string of the molecule is CCNC(=NCCNC(=O)c1cccnc1)N1CCC(Oc2ccccc2)CC1.I. The van der Waals surface area contributed by atoms with Gasteiger partial charge in [-0.25, -0.2) is 0 Å². The number of aromatic nitrogens is 1. The van der Waals surface area contributed by atoms with Gasteiger partial charge in [0.25, 0.3) is 5.91 Å². The third-order valence-electron chi connectivity index (χ3n) is 4.71. The molecule has 2 aromatic rings. The van der Waals surface area contributed by atoms with Crippen LogP contribution in [0.5, 0.6) is 5.75 Å². The summed E-state index contributed by atoms with van der Waals surface area (Å²) in [5, 5.41) is 6.23. The number of carbonyl (C=O) groups excluding carboxylic acids is 1. The van der Waals surface area contributed by atoms with E-state index in [9.17, 15) is 4.79 Å². The molecule has 0 saturated carbocycles. The summed E-state index contributed by atoms with van der Waals surface area (Å²) in [6, 6.07) is 13.5. The molecule has 0 bridgehead atoms. The number of piperidine rings is 1. The van der Waals surface area contributed by atoms with E-state index < -0.39 is 0 Å². The molecule has 3 rings (SSSR count). The Hall–Kier alpha value is -2.36. The molecule has 1 amide bonds. The van der Waals surface area contributed by atoms with Crippen molar-refractivity contribution in [3.63, 3.8) is 0 Å². The fourth-order valence-corrected chi connectivity index (χ4v) is 3.23. The number of carbonyl (C=O) groups is 1. The van der Waals surface area contributed by atoms with E-state index in [0.29, 0.717) is 18.7 Å². The highest BCUT2D eigenvalue weighted by molar-refractivity contribution is 14.0. The average Bonchev–Trinajstić information content (AvgIpc) is 2.78. The Morgan fingerprint density at radius 2 is 1.93 bits per heavy atom. The molecular weight excluding hydrogens is 493 g/mol. The van der Waals surface area contributed by atoms with Crippen LogP contribution in [-0.2, 0) is 0 Å². The van der Waals surface area contributed by atoms with E-state index in [1.165, 1.54) is 0 Å². The average molecular weight is 523 g/mol. The fraction of sp³-hybridized carbons (Fsp3) is 0.409. The van der Waals surface area contributed by atoms with Crippen molar-refractivity contribution in [2.45, 2.75) is 25.9 Å². The van der Waals surface area contributed by atoms with Gasteiger partial charge in [-0.15, -0.1) is 24.0 Å². The summed E-state index contributed by atoms with van der Waals surface area (Å²) >= 11 is 0. The van der Waals surface area contributed by atoms with Crippen LogP contribution in [0, 0.1) is 0 Å². The van der Waals surface area contributed by atoms with Crippen LogP contribution in [0.1, 0.15) is 30.1 Å². The standard InChI is InChI=1S/C22H29N5O2.HI/c1-2-24-22(26-14-13-25-21(28)18-7-6-12-23-17-18)27-15-10-20(11-16-27)29-19-8-4-3-5-9-19;/h3-9,12,17,20H,2,10-11,13-16H2,1H3,(H,24,26)(H,25,28);1H. The number of nitrogens with zero attached hydrogens (tertiary/aromatic N) is 3. The fourth-order valence-electron chi connectivity index (χ4n) is 3.23. The van der Waals surface area contributed by atoms with Crippen LogP contribution in [0.4, 0.5) is 0 Å². The number of aliphatic imine (C=N–C) groups is 1. The van der Waals surface area contributed by atoms with Gasteiger partial charge < -0.3 is 20.3 Å². The number of amides is 1. The molecule has 30 heavy (non-hydrogen) atoms. The maximum atomic E-state index is 12.1. The minimum Gasteiger partial charge on any atom is -0.490 e. The van der Waals surface area contributed by atoms with Gasteiger partial charge in [0, 0.05) is 51.4 Å². The van der Waals surface area contributed by atoms with Crippen LogP contribution < -0.4 is 15.4 Å². The number of benzene rings is 1. The van der Waals surface area contributed by atoms with Gasteiger partial charge in [0.05, 0.1) is 12.1 Å². The van der Waals surface area contributed by atoms with Gasteiger partial charge in [-0.3, -0.25) is 14.8 Å². The molecule has 1 aliphatic heterocycles. The summed E-state index contributed by atoms with van der Waals surface area (Å²) in [5.74, 6) is 1.69. The van der Waals surface area contributed by atoms with Gasteiger partial charge in [0.1, 0.15) is 11.9 Å². The second-order valence-electron chi connectivity index (χ2n) is 6.85. The van der Waals surface area contributed by atoms with Gasteiger partial charge in [-0.05, 0) is 31.2 Å². The molecule has 0 radical (unpaired) electrons. The first-order valence-electron chi connectivity index (χ1n) is 10.2. The van der Waals surface area contributed by atoms with E-state index in [4.69, 9.17) is 4.74 Å². The summed E-state index contributed by atoms with van der Waals surface area (Å²) in [7, 11) is 0. The van der Waals surface area contributed by atoms with Crippen molar-refractivity contribution in [3.8, 4) is 5.75 Å². The molecule has 1 fully saturated rings. The van der Waals surface area contributed by atoms with Crippen molar-refractivity contribution >= 4 is 35.8 Å². The van der Waals surface area contributed by atoms with Gasteiger partial charge in [0.15, 0.2) is 5.96 Å². The minimum atomic E-state index is -0.128. The van der Waals surface area contributed by atoms with Crippen molar-refractivity contribution in [3.05, 3.63) is 60.4 Å². The highest BCUT2D eigenvalue weighted by Crippen LogP contribution is 2.18. The van der Waals surface area contributed by atoms with Crippen LogP contribution in [-0.4, -0.2) is 60.6 Å². The number of hydrogen-bond donors (Lipinski definition) is 2. The summed E-state index contributed by atoms with van der Waals surface area (Å²) in [6.45, 7) is 5.66. The van der Waals surface area contributed by atoms with Crippen molar-refractivity contribution in [2.24, 2.45) is 4.99 Å². The van der Waals surface area contributed by atoms with Gasteiger partial charge >= 0.3 is 0 Å². The van der Waals surface area contributed by atoms with Crippen molar-refractivity contribution in [2.75, 3.05) is 32.7 Å². The third-order valence-corrected chi connectivity index (χ3v) is 4.71. The number of likely N-dealkylation sites (tertiary alicyclic amines) is 1. The minimum absolute atomic E-state index is 0. The number of guanidine groups is 1. The normalized spacial score (nSPS) is 14.6. The zero-order chi connectivity index (χ0) is 20.3. The van der Waals surface area contributed by atoms with Crippen molar-refractivity contribution < 1.29 is 9.53 Å². The van der Waals surface area contributed by atoms with Gasteiger partial charge in [-0.2, -0.15) is 0 Å². The lowest BCUT2D eigenvalue weighted by molar-refractivity contribution is 0.0954. The van der Waals surface area contributed by atoms with Crippen LogP contribution in [0.15, 0.2) is 59.9 Å². The first kappa shape index (κ1) is 23.9. The lowest BCUT2D eigenvalue weighted by Gasteiger charge is -2.34. The van der Waals surface area contributed by atoms with E-state index in [-0.39, 0.29) is 36.0 Å². The molecule has 1 aromatic carbocycles. The maximum Gasteiger partial charge on any atom is 0.252 e. The number of hydrogen-bond acceptors (Lipinski definition) is 4. The topological polar surface area (TPSA) is 78.8 Å². The number of pyridine rings is 1. The quantitative estimate of drug-likeness (QED) is 0.253. The Morgan fingerprint density at radius 1 is 1.17 bits per heavy atom. The molecule has 1 saturated heterocycles. The van der Waals surface area contributed by atoms with E-state index in [0.717, 1.165) is 44.2 Å². The molecule has 162 valence electrons. The molecule has 2 heterocycles. The molecule has 1 aliphatic rings. The predicted octanol–water partition coefficient (Wildman–Crippen LogP) is 2.94. The zero-order valence-electron chi connectivity index (χ0n) is 17.3. The number of nitrogens with one attached hydrogen (secondary N) is 2. The van der Waals surface area contributed by atoms with Crippen LogP contribution >= 0.6 is 24.0 Å². The van der Waals surface area contributed by atoms with E-state index >= 15 is 0 Å². The summed E-state index contributed by atoms with van der Waals surface area (Å²) in [5.41, 5.74) is 0.559. The number of rotatable bonds is 7. The third kappa shape index (κ3) is 7.47. The maximum absolute atomic E-state index is 12.1. The molecular formula is C22H30IN5O2. The smallest absolute Gasteiger partial charge is 0.252 e. The summed E-state index contributed by atoms with van der Waals surface area (Å²) in [6.07, 6.45) is 5.35. The van der Waals surface area contributed by atoms with Crippen molar-refractivity contribution in [1.29, 1.82) is 0 Å². The van der Waals surface area contributed by atoms with Crippen LogP contribution in [0.25, 0.3) is 0 Å². The molecule has 1 aromatic heterocycles. The van der Waals surface area contributed by atoms with Crippen LogP contribution in [0.3, 0.4) is 0 Å². The monoisotopic (exact) mass is 523 g/mol. The molecule has 0 unspecified atom stereocenters. The molecule has 0 aliphatic carbocycles. The molecule has 0 atom stereocenters. The zero-order valence-corrected chi connectivity index (χ0v) is 19.6. The Balaban J connectivity index is 0.00000320. The second-order valence-corrected chi connectivity index (χ2v) is 6.85. The Kier molecular flexibility index (Phi) is 10.4. The summed E-state index contributed by atoms with van der Waals surface area (Å²) < 4.78 is 6.07. The Morgan fingerprint density at radius 3 is 2.60 bits per heavy atom. The number of ether oxygens (including phenoxy) is 1. The Bertz CT molecular complexity index is 781. The van der Waals surface area contributed by atoms with E-state index in [1.807, 2.05) is 30.3 Å². The largest absolute Gasteiger partial charge is 0.490 e. The lowest BCUT2D eigenvalue weighted by Crippen LogP contribution is -2.47. The molecule has 2 N–H and O–H groups in total. The molecule has 0 spiro atoms.